The van der Waals surface area contributed by atoms with Crippen molar-refractivity contribution in [2.75, 3.05) is 13.9 Å². The molecule has 3 rings (SSSR count). The molecule has 0 atom stereocenters. The van der Waals surface area contributed by atoms with Crippen molar-refractivity contribution in [3.05, 3.63) is 58.1 Å². The molecule has 24 heavy (non-hydrogen) atoms. The number of benzene rings is 2. The second-order valence-electron chi connectivity index (χ2n) is 4.94. The van der Waals surface area contributed by atoms with Crippen LogP contribution in [-0.4, -0.2) is 19.7 Å². The van der Waals surface area contributed by atoms with E-state index in [-0.39, 0.29) is 12.4 Å². The fourth-order valence-electron chi connectivity index (χ4n) is 2.36. The first-order chi connectivity index (χ1) is 11.6. The van der Waals surface area contributed by atoms with Crippen molar-refractivity contribution in [3.63, 3.8) is 0 Å². The van der Waals surface area contributed by atoms with Crippen LogP contribution in [0, 0.1) is 11.3 Å². The number of nitrogens with zero attached hydrogens (tertiary/aromatic N) is 1. The Morgan fingerprint density at radius 1 is 1.33 bits per heavy atom. The molecule has 0 N–H and O–H groups in total. The number of hydrogen-bond donors (Lipinski definition) is 0. The molecule has 2 aromatic rings. The van der Waals surface area contributed by atoms with Crippen molar-refractivity contribution in [2.24, 2.45) is 0 Å². The quantitative estimate of drug-likeness (QED) is 0.479. The van der Waals surface area contributed by atoms with E-state index in [4.69, 9.17) is 25.8 Å². The lowest BCUT2D eigenvalue weighted by molar-refractivity contribution is 0.103. The third kappa shape index (κ3) is 2.92. The van der Waals surface area contributed by atoms with E-state index in [0.29, 0.717) is 33.4 Å². The Bertz CT molecular complexity index is 883. The minimum absolute atomic E-state index is 0.0329. The van der Waals surface area contributed by atoms with E-state index in [2.05, 4.69) is 0 Å². The fraction of sp³-hybridized carbons (Fsp3) is 0.111. The fourth-order valence-corrected chi connectivity index (χ4v) is 2.64. The molecule has 6 heteroatoms. The van der Waals surface area contributed by atoms with Crippen LogP contribution in [0.25, 0.3) is 6.08 Å². The number of carbonyl (C=O) groups is 1. The van der Waals surface area contributed by atoms with Crippen LogP contribution in [0.1, 0.15) is 15.9 Å². The number of para-hydroxylation sites is 1. The summed E-state index contributed by atoms with van der Waals surface area (Å²) >= 11 is 6.12. The molecular formula is C18H12ClNO4. The molecule has 0 saturated heterocycles. The predicted octanol–water partition coefficient (Wildman–Crippen LogP) is 3.87. The van der Waals surface area contributed by atoms with Crippen LogP contribution in [0.2, 0.25) is 5.02 Å². The van der Waals surface area contributed by atoms with E-state index in [1.54, 1.807) is 36.4 Å². The molecule has 120 valence electrons. The maximum atomic E-state index is 12.6. The number of ketones is 1. The maximum absolute atomic E-state index is 12.6. The van der Waals surface area contributed by atoms with Gasteiger partial charge in [0, 0.05) is 0 Å². The van der Waals surface area contributed by atoms with Gasteiger partial charge in [-0.3, -0.25) is 4.79 Å². The number of Topliss-reactive ketones (excluding diaryl/α,β-unsaturated/α-hetero) is 1. The number of hydrogen-bond acceptors (Lipinski definition) is 5. The summed E-state index contributed by atoms with van der Waals surface area (Å²) in [6.45, 7) is 0.0907. The normalized spacial score (nSPS) is 12.6. The van der Waals surface area contributed by atoms with Crippen LogP contribution in [0.3, 0.4) is 0 Å². The number of fused-ring (bicyclic) bond motifs is 1. The number of ether oxygens (including phenoxy) is 3. The van der Waals surface area contributed by atoms with Crippen LogP contribution in [0.4, 0.5) is 0 Å². The molecular weight excluding hydrogens is 330 g/mol. The molecule has 0 fully saturated rings. The van der Waals surface area contributed by atoms with Crippen LogP contribution in [-0.2, 0) is 0 Å². The summed E-state index contributed by atoms with van der Waals surface area (Å²) in [5, 5.41) is 9.74. The van der Waals surface area contributed by atoms with E-state index >= 15 is 0 Å². The standard InChI is InChI=1S/C18H12ClNO4/c1-22-15-5-3-2-4-13(15)17(21)12(9-20)6-11-7-14(19)18-16(8-11)23-10-24-18/h2-8H,10H2,1H3/b12-6+. The van der Waals surface area contributed by atoms with Crippen molar-refractivity contribution in [3.8, 4) is 23.3 Å². The molecule has 1 heterocycles. The second kappa shape index (κ2) is 6.65. The predicted molar refractivity (Wildman–Crippen MR) is 88.5 cm³/mol. The molecule has 2 aromatic carbocycles. The van der Waals surface area contributed by atoms with Crippen molar-refractivity contribution in [2.45, 2.75) is 0 Å². The molecule has 0 spiro atoms. The zero-order valence-electron chi connectivity index (χ0n) is 12.7. The van der Waals surface area contributed by atoms with Gasteiger partial charge in [0.05, 0.1) is 17.7 Å². The average molecular weight is 342 g/mol. The van der Waals surface area contributed by atoms with Gasteiger partial charge in [-0.05, 0) is 35.9 Å². The Labute approximate surface area is 143 Å². The van der Waals surface area contributed by atoms with Crippen molar-refractivity contribution < 1.29 is 19.0 Å². The largest absolute Gasteiger partial charge is 0.496 e. The highest BCUT2D eigenvalue weighted by molar-refractivity contribution is 6.32. The van der Waals surface area contributed by atoms with Crippen molar-refractivity contribution in [1.82, 2.24) is 0 Å². The van der Waals surface area contributed by atoms with Crippen molar-refractivity contribution in [1.29, 1.82) is 5.26 Å². The van der Waals surface area contributed by atoms with Gasteiger partial charge in [0.1, 0.15) is 17.4 Å². The number of halogens is 1. The number of carbonyl (C=O) groups excluding carboxylic acids is 1. The lowest BCUT2D eigenvalue weighted by atomic mass is 10.0. The zero-order chi connectivity index (χ0) is 17.1. The van der Waals surface area contributed by atoms with E-state index in [1.165, 1.54) is 13.2 Å². The molecule has 0 unspecified atom stereocenters. The van der Waals surface area contributed by atoms with Crippen LogP contribution < -0.4 is 14.2 Å². The van der Waals surface area contributed by atoms with E-state index < -0.39 is 5.78 Å². The second-order valence-corrected chi connectivity index (χ2v) is 5.34. The maximum Gasteiger partial charge on any atom is 0.231 e. The summed E-state index contributed by atoms with van der Waals surface area (Å²) in [4.78, 5) is 12.6. The molecule has 0 bridgehead atoms. The Hall–Kier alpha value is -2.97. The number of methoxy groups -OCH3 is 1. The lowest BCUT2D eigenvalue weighted by Crippen LogP contribution is -2.04. The molecule has 0 aliphatic carbocycles. The molecule has 0 amide bonds. The smallest absolute Gasteiger partial charge is 0.231 e. The van der Waals surface area contributed by atoms with Gasteiger partial charge in [0.25, 0.3) is 0 Å². The highest BCUT2D eigenvalue weighted by Crippen LogP contribution is 2.40. The van der Waals surface area contributed by atoms with E-state index in [0.717, 1.165) is 0 Å². The summed E-state index contributed by atoms with van der Waals surface area (Å²) < 4.78 is 15.7. The summed E-state index contributed by atoms with van der Waals surface area (Å²) in [6.07, 6.45) is 1.46. The topological polar surface area (TPSA) is 68.6 Å². The Morgan fingerprint density at radius 3 is 2.88 bits per heavy atom. The Balaban J connectivity index is 2.00. The van der Waals surface area contributed by atoms with Gasteiger partial charge in [0.15, 0.2) is 11.5 Å². The number of rotatable bonds is 4. The first-order valence-corrected chi connectivity index (χ1v) is 7.40. The van der Waals surface area contributed by atoms with Crippen LogP contribution in [0.15, 0.2) is 42.0 Å². The first-order valence-electron chi connectivity index (χ1n) is 7.02. The van der Waals surface area contributed by atoms with Crippen molar-refractivity contribution >= 4 is 23.5 Å². The molecule has 0 radical (unpaired) electrons. The molecule has 5 nitrogen and oxygen atoms in total. The van der Waals surface area contributed by atoms with Gasteiger partial charge in [-0.2, -0.15) is 5.26 Å². The van der Waals surface area contributed by atoms with Gasteiger partial charge in [0.2, 0.25) is 12.6 Å². The third-order valence-corrected chi connectivity index (χ3v) is 3.76. The highest BCUT2D eigenvalue weighted by Gasteiger charge is 2.20. The highest BCUT2D eigenvalue weighted by atomic mass is 35.5. The average Bonchev–Trinajstić information content (AvgIpc) is 3.08. The SMILES string of the molecule is COc1ccccc1C(=O)/C(C#N)=C/c1cc(Cl)c2c(c1)OCO2. The number of allylic oxidation sites excluding steroid dienone is 1. The van der Waals surface area contributed by atoms with E-state index in [9.17, 15) is 10.1 Å². The Kier molecular flexibility index (Phi) is 4.41. The third-order valence-electron chi connectivity index (χ3n) is 3.48. The summed E-state index contributed by atoms with van der Waals surface area (Å²) in [6, 6.07) is 11.9. The lowest BCUT2D eigenvalue weighted by Gasteiger charge is -2.07. The van der Waals surface area contributed by atoms with E-state index in [1.807, 2.05) is 6.07 Å². The zero-order valence-corrected chi connectivity index (χ0v) is 13.5. The monoisotopic (exact) mass is 341 g/mol. The van der Waals surface area contributed by atoms with Gasteiger partial charge in [-0.25, -0.2) is 0 Å². The molecule has 0 aromatic heterocycles. The van der Waals surface area contributed by atoms with Gasteiger partial charge >= 0.3 is 0 Å². The minimum Gasteiger partial charge on any atom is -0.496 e. The van der Waals surface area contributed by atoms with Crippen LogP contribution >= 0.6 is 11.6 Å². The summed E-state index contributed by atoms with van der Waals surface area (Å²) in [7, 11) is 1.47. The van der Waals surface area contributed by atoms with Gasteiger partial charge in [-0.15, -0.1) is 0 Å². The van der Waals surface area contributed by atoms with Gasteiger partial charge < -0.3 is 14.2 Å². The molecule has 1 aliphatic rings. The van der Waals surface area contributed by atoms with Gasteiger partial charge in [-0.1, -0.05) is 23.7 Å². The van der Waals surface area contributed by atoms with Crippen LogP contribution in [0.5, 0.6) is 17.2 Å². The Morgan fingerprint density at radius 2 is 2.12 bits per heavy atom. The summed E-state index contributed by atoms with van der Waals surface area (Å²) in [5.41, 5.74) is 0.859. The first kappa shape index (κ1) is 15.9. The molecule has 0 saturated carbocycles. The number of nitriles is 1. The summed E-state index contributed by atoms with van der Waals surface area (Å²) in [5.74, 6) is 0.926. The molecule has 1 aliphatic heterocycles. The minimum atomic E-state index is -0.427.